The highest BCUT2D eigenvalue weighted by Gasteiger charge is 2.32. The van der Waals surface area contributed by atoms with Crippen LogP contribution in [-0.4, -0.2) is 32.8 Å². The highest BCUT2D eigenvalue weighted by molar-refractivity contribution is 7.89. The highest BCUT2D eigenvalue weighted by Crippen LogP contribution is 2.32. The number of rotatable bonds is 7. The largest absolute Gasteiger partial charge is 0.416 e. The van der Waals surface area contributed by atoms with E-state index in [1.165, 1.54) is 42.5 Å². The molecule has 0 bridgehead atoms. The number of alkyl halides is 3. The lowest BCUT2D eigenvalue weighted by molar-refractivity contribution is -0.138. The van der Waals surface area contributed by atoms with Crippen molar-refractivity contribution in [2.24, 2.45) is 5.14 Å². The number of primary sulfonamides is 1. The van der Waals surface area contributed by atoms with Crippen LogP contribution in [0.5, 0.6) is 0 Å². The standard InChI is InChI=1S/C18H20F3N3O3S/c1-24(12-13-4-2-3-5-16(13)18(19,20)21)11-10-17(25)23-14-6-8-15(9-7-14)28(22,26)27/h2-9H,10-12H2,1H3,(H,23,25)(H2,22,26,27). The summed E-state index contributed by atoms with van der Waals surface area (Å²) >= 11 is 0. The van der Waals surface area contributed by atoms with Crippen molar-refractivity contribution in [3.63, 3.8) is 0 Å². The minimum atomic E-state index is -4.43. The summed E-state index contributed by atoms with van der Waals surface area (Å²) in [6.45, 7) is 0.291. The molecule has 0 spiro atoms. The molecule has 0 fully saturated rings. The topological polar surface area (TPSA) is 92.5 Å². The zero-order chi connectivity index (χ0) is 20.9. The third kappa shape index (κ3) is 6.32. The molecule has 28 heavy (non-hydrogen) atoms. The number of sulfonamides is 1. The quantitative estimate of drug-likeness (QED) is 0.727. The van der Waals surface area contributed by atoms with Gasteiger partial charge in [-0.2, -0.15) is 13.2 Å². The molecule has 0 saturated carbocycles. The Hall–Kier alpha value is -2.43. The SMILES string of the molecule is CN(CCC(=O)Nc1ccc(S(N)(=O)=O)cc1)Cc1ccccc1C(F)(F)F. The molecule has 2 aromatic rings. The minimum absolute atomic E-state index is 0.0476. The van der Waals surface area contributed by atoms with Gasteiger partial charge in [-0.1, -0.05) is 18.2 Å². The first-order valence-corrected chi connectivity index (χ1v) is 9.78. The van der Waals surface area contributed by atoms with Crippen LogP contribution >= 0.6 is 0 Å². The van der Waals surface area contributed by atoms with E-state index in [2.05, 4.69) is 5.32 Å². The van der Waals surface area contributed by atoms with Gasteiger partial charge >= 0.3 is 6.18 Å². The lowest BCUT2D eigenvalue weighted by Crippen LogP contribution is -2.25. The number of amides is 1. The zero-order valence-electron chi connectivity index (χ0n) is 15.0. The summed E-state index contributed by atoms with van der Waals surface area (Å²) in [6, 6.07) is 10.7. The van der Waals surface area contributed by atoms with Crippen molar-refractivity contribution >= 4 is 21.6 Å². The number of carbonyl (C=O) groups excluding carboxylic acids is 1. The van der Waals surface area contributed by atoms with E-state index >= 15 is 0 Å². The zero-order valence-corrected chi connectivity index (χ0v) is 15.8. The van der Waals surface area contributed by atoms with Crippen LogP contribution < -0.4 is 10.5 Å². The Kier molecular flexibility index (Phi) is 6.81. The molecule has 0 aliphatic heterocycles. The van der Waals surface area contributed by atoms with E-state index in [0.29, 0.717) is 5.69 Å². The van der Waals surface area contributed by atoms with Gasteiger partial charge in [0.05, 0.1) is 10.5 Å². The van der Waals surface area contributed by atoms with E-state index in [1.54, 1.807) is 11.9 Å². The van der Waals surface area contributed by atoms with Gasteiger partial charge in [0.25, 0.3) is 0 Å². The first-order chi connectivity index (χ1) is 13.0. The summed E-state index contributed by atoms with van der Waals surface area (Å²) < 4.78 is 61.5. The van der Waals surface area contributed by atoms with Gasteiger partial charge in [0.15, 0.2) is 0 Å². The molecule has 2 rings (SSSR count). The van der Waals surface area contributed by atoms with Gasteiger partial charge in [0.1, 0.15) is 0 Å². The van der Waals surface area contributed by atoms with Crippen molar-refractivity contribution in [3.05, 3.63) is 59.7 Å². The predicted molar refractivity (Wildman–Crippen MR) is 98.8 cm³/mol. The van der Waals surface area contributed by atoms with Crippen LogP contribution in [0, 0.1) is 0 Å². The fourth-order valence-electron chi connectivity index (χ4n) is 2.55. The highest BCUT2D eigenvalue weighted by atomic mass is 32.2. The van der Waals surface area contributed by atoms with E-state index in [-0.39, 0.29) is 35.9 Å². The summed E-state index contributed by atoms with van der Waals surface area (Å²) in [5.41, 5.74) is -0.166. The fourth-order valence-corrected chi connectivity index (χ4v) is 3.06. The number of nitrogens with two attached hydrogens (primary N) is 1. The summed E-state index contributed by atoms with van der Waals surface area (Å²) in [4.78, 5) is 13.6. The molecule has 0 saturated heterocycles. The first-order valence-electron chi connectivity index (χ1n) is 8.23. The van der Waals surface area contributed by atoms with Crippen LogP contribution in [0.25, 0.3) is 0 Å². The maximum absolute atomic E-state index is 13.0. The average molecular weight is 415 g/mol. The van der Waals surface area contributed by atoms with Gasteiger partial charge in [0.2, 0.25) is 15.9 Å². The Balaban J connectivity index is 1.89. The van der Waals surface area contributed by atoms with Crippen LogP contribution in [0.3, 0.4) is 0 Å². The van der Waals surface area contributed by atoms with Gasteiger partial charge in [0, 0.05) is 25.2 Å². The summed E-state index contributed by atoms with van der Waals surface area (Å²) in [6.07, 6.45) is -4.38. The number of hydrogen-bond acceptors (Lipinski definition) is 4. The number of nitrogens with zero attached hydrogens (tertiary/aromatic N) is 1. The second-order valence-electron chi connectivity index (χ2n) is 6.26. The van der Waals surface area contributed by atoms with Gasteiger partial charge in [-0.25, -0.2) is 13.6 Å². The van der Waals surface area contributed by atoms with Crippen LogP contribution in [0.4, 0.5) is 18.9 Å². The van der Waals surface area contributed by atoms with E-state index in [9.17, 15) is 26.4 Å². The number of anilines is 1. The minimum Gasteiger partial charge on any atom is -0.326 e. The Morgan fingerprint density at radius 2 is 1.71 bits per heavy atom. The number of hydrogen-bond donors (Lipinski definition) is 2. The molecule has 0 aromatic heterocycles. The number of nitrogens with one attached hydrogen (secondary N) is 1. The number of carbonyl (C=O) groups is 1. The molecular weight excluding hydrogens is 395 g/mol. The normalized spacial score (nSPS) is 12.2. The summed E-state index contributed by atoms with van der Waals surface area (Å²) in [5.74, 6) is -0.348. The third-order valence-corrected chi connectivity index (χ3v) is 4.88. The Morgan fingerprint density at radius 1 is 1.11 bits per heavy atom. The third-order valence-electron chi connectivity index (χ3n) is 3.95. The van der Waals surface area contributed by atoms with Crippen molar-refractivity contribution in [3.8, 4) is 0 Å². The maximum atomic E-state index is 13.0. The smallest absolute Gasteiger partial charge is 0.326 e. The molecule has 0 radical (unpaired) electrons. The second kappa shape index (κ2) is 8.72. The molecule has 6 nitrogen and oxygen atoms in total. The molecule has 0 unspecified atom stereocenters. The molecule has 152 valence electrons. The molecule has 3 N–H and O–H groups in total. The Morgan fingerprint density at radius 3 is 2.29 bits per heavy atom. The van der Waals surface area contributed by atoms with Gasteiger partial charge in [-0.05, 0) is 42.9 Å². The summed E-state index contributed by atoms with van der Waals surface area (Å²) in [7, 11) is -2.19. The van der Waals surface area contributed by atoms with Crippen molar-refractivity contribution in [2.45, 2.75) is 24.0 Å². The van der Waals surface area contributed by atoms with Crippen molar-refractivity contribution in [1.29, 1.82) is 0 Å². The van der Waals surface area contributed by atoms with Gasteiger partial charge in [-0.3, -0.25) is 4.79 Å². The molecular formula is C18H20F3N3O3S. The van der Waals surface area contributed by atoms with Crippen LogP contribution in [0.15, 0.2) is 53.4 Å². The Labute approximate surface area is 161 Å². The first kappa shape index (κ1) is 21.9. The van der Waals surface area contributed by atoms with E-state index in [4.69, 9.17) is 5.14 Å². The van der Waals surface area contributed by atoms with E-state index < -0.39 is 21.8 Å². The predicted octanol–water partition coefficient (Wildman–Crippen LogP) is 2.81. The molecule has 0 aliphatic carbocycles. The summed E-state index contributed by atoms with van der Waals surface area (Å²) in [5, 5.41) is 7.59. The van der Waals surface area contributed by atoms with Crippen molar-refractivity contribution in [2.75, 3.05) is 18.9 Å². The molecule has 10 heteroatoms. The van der Waals surface area contributed by atoms with E-state index in [1.807, 2.05) is 0 Å². The molecule has 2 aromatic carbocycles. The molecule has 0 heterocycles. The Bertz CT molecular complexity index is 929. The van der Waals surface area contributed by atoms with Gasteiger partial charge in [-0.15, -0.1) is 0 Å². The second-order valence-corrected chi connectivity index (χ2v) is 7.82. The van der Waals surface area contributed by atoms with Crippen molar-refractivity contribution in [1.82, 2.24) is 4.90 Å². The fraction of sp³-hybridized carbons (Fsp3) is 0.278. The van der Waals surface area contributed by atoms with Crippen LogP contribution in [-0.2, 0) is 27.5 Å². The maximum Gasteiger partial charge on any atom is 0.416 e. The lowest BCUT2D eigenvalue weighted by atomic mass is 10.1. The number of halogens is 3. The molecule has 0 atom stereocenters. The van der Waals surface area contributed by atoms with Crippen LogP contribution in [0.1, 0.15) is 17.5 Å². The van der Waals surface area contributed by atoms with E-state index in [0.717, 1.165) is 6.07 Å². The average Bonchev–Trinajstić information content (AvgIpc) is 2.59. The van der Waals surface area contributed by atoms with Crippen molar-refractivity contribution < 1.29 is 26.4 Å². The number of benzene rings is 2. The monoisotopic (exact) mass is 415 g/mol. The molecule has 0 aliphatic rings. The lowest BCUT2D eigenvalue weighted by Gasteiger charge is -2.19. The molecule has 1 amide bonds. The van der Waals surface area contributed by atoms with Crippen LogP contribution in [0.2, 0.25) is 0 Å². The van der Waals surface area contributed by atoms with Gasteiger partial charge < -0.3 is 10.2 Å².